The topological polar surface area (TPSA) is 78.5 Å². The molecule has 1 aromatic rings. The number of ether oxygens (including phenoxy) is 1. The van der Waals surface area contributed by atoms with E-state index >= 15 is 0 Å². The first kappa shape index (κ1) is 15.0. The fourth-order valence-electron chi connectivity index (χ4n) is 3.22. The maximum Gasteiger partial charge on any atom is 0.260 e. The largest absolute Gasteiger partial charge is 0.381 e. The molecule has 0 bridgehead atoms. The standard InChI is InChI=1S/C13H22N4O3S/c1-11-9-16(12-2-6-20-7-3-12)4-5-17(11)21(18,19)13-8-14-10-15-13/h8,10-12H,2-7,9H2,1H3,(H,14,15)/t11-/m0/s1. The third-order valence-corrected chi connectivity index (χ3v) is 6.30. The molecule has 0 unspecified atom stereocenters. The van der Waals surface area contributed by atoms with E-state index in [1.165, 1.54) is 12.5 Å². The van der Waals surface area contributed by atoms with Gasteiger partial charge in [-0.2, -0.15) is 4.31 Å². The zero-order valence-corrected chi connectivity index (χ0v) is 13.1. The number of nitrogens with zero attached hydrogens (tertiary/aromatic N) is 3. The average Bonchev–Trinajstić information content (AvgIpc) is 3.03. The Labute approximate surface area is 125 Å². The van der Waals surface area contributed by atoms with Crippen molar-refractivity contribution in [1.29, 1.82) is 0 Å². The third kappa shape index (κ3) is 2.98. The quantitative estimate of drug-likeness (QED) is 0.867. The average molecular weight is 314 g/mol. The Kier molecular flexibility index (Phi) is 4.30. The minimum atomic E-state index is -3.46. The highest BCUT2D eigenvalue weighted by Gasteiger charge is 2.36. The highest BCUT2D eigenvalue weighted by molar-refractivity contribution is 7.89. The number of piperazine rings is 1. The molecule has 0 amide bonds. The molecule has 0 saturated carbocycles. The van der Waals surface area contributed by atoms with Gasteiger partial charge in [0.05, 0.1) is 12.5 Å². The molecule has 0 radical (unpaired) electrons. The van der Waals surface area contributed by atoms with Crippen LogP contribution in [0.1, 0.15) is 19.8 Å². The van der Waals surface area contributed by atoms with Crippen LogP contribution in [0.4, 0.5) is 0 Å². The smallest absolute Gasteiger partial charge is 0.260 e. The first-order valence-electron chi connectivity index (χ1n) is 7.41. The zero-order chi connectivity index (χ0) is 14.9. The predicted molar refractivity (Wildman–Crippen MR) is 77.4 cm³/mol. The molecule has 3 rings (SSSR count). The van der Waals surface area contributed by atoms with Crippen LogP contribution in [0.3, 0.4) is 0 Å². The van der Waals surface area contributed by atoms with E-state index in [9.17, 15) is 8.42 Å². The van der Waals surface area contributed by atoms with E-state index in [1.54, 1.807) is 4.31 Å². The van der Waals surface area contributed by atoms with Crippen molar-refractivity contribution < 1.29 is 13.2 Å². The van der Waals surface area contributed by atoms with Crippen molar-refractivity contribution in [2.45, 2.75) is 36.9 Å². The monoisotopic (exact) mass is 314 g/mol. The lowest BCUT2D eigenvalue weighted by Gasteiger charge is -2.43. The van der Waals surface area contributed by atoms with Crippen LogP contribution in [0.15, 0.2) is 17.6 Å². The Hall–Kier alpha value is -0.960. The first-order valence-corrected chi connectivity index (χ1v) is 8.85. The van der Waals surface area contributed by atoms with Crippen LogP contribution in [0.25, 0.3) is 0 Å². The van der Waals surface area contributed by atoms with E-state index in [-0.39, 0.29) is 11.1 Å². The lowest BCUT2D eigenvalue weighted by Crippen LogP contribution is -2.57. The summed E-state index contributed by atoms with van der Waals surface area (Å²) in [6.07, 6.45) is 4.85. The van der Waals surface area contributed by atoms with Gasteiger partial charge in [-0.1, -0.05) is 0 Å². The normalized spacial score (nSPS) is 27.0. The number of H-pyrrole nitrogens is 1. The summed E-state index contributed by atoms with van der Waals surface area (Å²) in [6, 6.07) is 0.494. The molecule has 3 heterocycles. The summed E-state index contributed by atoms with van der Waals surface area (Å²) >= 11 is 0. The molecule has 7 nitrogen and oxygen atoms in total. The van der Waals surface area contributed by atoms with Crippen molar-refractivity contribution in [3.05, 3.63) is 12.5 Å². The Balaban J connectivity index is 1.68. The summed E-state index contributed by atoms with van der Waals surface area (Å²) in [7, 11) is -3.46. The van der Waals surface area contributed by atoms with E-state index in [2.05, 4.69) is 14.9 Å². The minimum absolute atomic E-state index is 0.0325. The second-order valence-corrected chi connectivity index (χ2v) is 7.58. The molecule has 0 aliphatic carbocycles. The van der Waals surface area contributed by atoms with Gasteiger partial charge >= 0.3 is 0 Å². The molecule has 118 valence electrons. The van der Waals surface area contributed by atoms with Crippen molar-refractivity contribution in [3.8, 4) is 0 Å². The van der Waals surface area contributed by atoms with Gasteiger partial charge in [-0.25, -0.2) is 13.4 Å². The molecule has 21 heavy (non-hydrogen) atoms. The lowest BCUT2D eigenvalue weighted by molar-refractivity contribution is 0.0137. The molecule has 2 fully saturated rings. The van der Waals surface area contributed by atoms with E-state index in [0.717, 1.165) is 39.1 Å². The number of imidazole rings is 1. The van der Waals surface area contributed by atoms with Gasteiger partial charge in [-0.05, 0) is 19.8 Å². The Bertz CT molecular complexity index is 554. The number of rotatable bonds is 3. The van der Waals surface area contributed by atoms with E-state index < -0.39 is 10.0 Å². The number of sulfonamides is 1. The van der Waals surface area contributed by atoms with Gasteiger partial charge in [0.2, 0.25) is 0 Å². The van der Waals surface area contributed by atoms with Gasteiger partial charge in [0.15, 0.2) is 5.03 Å². The summed E-state index contributed by atoms with van der Waals surface area (Å²) in [5.74, 6) is 0. The molecule has 0 spiro atoms. The molecular weight excluding hydrogens is 292 g/mol. The summed E-state index contributed by atoms with van der Waals surface area (Å²) in [5, 5.41) is 0.175. The van der Waals surface area contributed by atoms with Crippen LogP contribution < -0.4 is 0 Å². The van der Waals surface area contributed by atoms with Crippen molar-refractivity contribution in [2.24, 2.45) is 0 Å². The second-order valence-electron chi connectivity index (χ2n) is 5.72. The molecule has 1 N–H and O–H groups in total. The molecule has 2 aliphatic heterocycles. The van der Waals surface area contributed by atoms with Gasteiger partial charge in [0, 0.05) is 44.9 Å². The van der Waals surface area contributed by atoms with E-state index in [1.807, 2.05) is 6.92 Å². The van der Waals surface area contributed by atoms with Crippen LogP contribution in [0, 0.1) is 0 Å². The first-order chi connectivity index (χ1) is 10.1. The van der Waals surface area contributed by atoms with Crippen molar-refractivity contribution in [2.75, 3.05) is 32.8 Å². The molecule has 2 saturated heterocycles. The van der Waals surface area contributed by atoms with Crippen molar-refractivity contribution in [1.82, 2.24) is 19.2 Å². The second kappa shape index (κ2) is 6.04. The number of hydrogen-bond donors (Lipinski definition) is 1. The highest BCUT2D eigenvalue weighted by atomic mass is 32.2. The van der Waals surface area contributed by atoms with E-state index in [4.69, 9.17) is 4.74 Å². The molecule has 1 aromatic heterocycles. The zero-order valence-electron chi connectivity index (χ0n) is 12.2. The van der Waals surface area contributed by atoms with Crippen LogP contribution in [0.2, 0.25) is 0 Å². The summed E-state index contributed by atoms with van der Waals surface area (Å²) in [6.45, 7) is 5.68. The van der Waals surface area contributed by atoms with Crippen LogP contribution >= 0.6 is 0 Å². The molecule has 0 aromatic carbocycles. The van der Waals surface area contributed by atoms with Gasteiger partial charge in [0.1, 0.15) is 0 Å². The Morgan fingerprint density at radius 1 is 1.33 bits per heavy atom. The van der Waals surface area contributed by atoms with Gasteiger partial charge < -0.3 is 9.72 Å². The number of aromatic nitrogens is 2. The van der Waals surface area contributed by atoms with Gasteiger partial charge in [-0.15, -0.1) is 0 Å². The van der Waals surface area contributed by atoms with Crippen molar-refractivity contribution >= 4 is 10.0 Å². The minimum Gasteiger partial charge on any atom is -0.381 e. The number of hydrogen-bond acceptors (Lipinski definition) is 5. The molecule has 8 heteroatoms. The maximum absolute atomic E-state index is 12.6. The third-order valence-electron chi connectivity index (χ3n) is 4.36. The highest BCUT2D eigenvalue weighted by Crippen LogP contribution is 2.23. The number of aromatic amines is 1. The summed E-state index contributed by atoms with van der Waals surface area (Å²) < 4.78 is 32.1. The van der Waals surface area contributed by atoms with Crippen LogP contribution in [-0.4, -0.2) is 72.5 Å². The van der Waals surface area contributed by atoms with Gasteiger partial charge in [0.25, 0.3) is 10.0 Å². The fraction of sp³-hybridized carbons (Fsp3) is 0.769. The predicted octanol–water partition coefficient (Wildman–Crippen LogP) is 0.284. The lowest BCUT2D eigenvalue weighted by atomic mass is 10.1. The maximum atomic E-state index is 12.6. The van der Waals surface area contributed by atoms with Crippen molar-refractivity contribution in [3.63, 3.8) is 0 Å². The molecular formula is C13H22N4O3S. The van der Waals surface area contributed by atoms with Crippen LogP contribution in [-0.2, 0) is 14.8 Å². The Morgan fingerprint density at radius 3 is 2.71 bits per heavy atom. The fourth-order valence-corrected chi connectivity index (χ4v) is 4.73. The summed E-state index contributed by atoms with van der Waals surface area (Å²) in [5.41, 5.74) is 0. The van der Waals surface area contributed by atoms with Crippen LogP contribution in [0.5, 0.6) is 0 Å². The SMILES string of the molecule is C[C@H]1CN(C2CCOCC2)CCN1S(=O)(=O)c1cnc[nH]1. The molecule has 1 atom stereocenters. The number of nitrogens with one attached hydrogen (secondary N) is 1. The summed E-state index contributed by atoms with van der Waals surface area (Å²) in [4.78, 5) is 8.92. The Morgan fingerprint density at radius 2 is 2.10 bits per heavy atom. The van der Waals surface area contributed by atoms with Gasteiger partial charge in [-0.3, -0.25) is 4.90 Å². The van der Waals surface area contributed by atoms with E-state index in [0.29, 0.717) is 12.6 Å². The molecule has 2 aliphatic rings.